The smallest absolute Gasteiger partial charge is 0.239 e. The van der Waals surface area contributed by atoms with Gasteiger partial charge in [-0.2, -0.15) is 0 Å². The van der Waals surface area contributed by atoms with Gasteiger partial charge >= 0.3 is 0 Å². The number of rotatable bonds is 6. The summed E-state index contributed by atoms with van der Waals surface area (Å²) in [6.07, 6.45) is 1.48. The molecule has 0 saturated carbocycles. The highest BCUT2D eigenvalue weighted by atomic mass is 16.2. The van der Waals surface area contributed by atoms with Crippen LogP contribution in [0, 0.1) is 19.8 Å². The summed E-state index contributed by atoms with van der Waals surface area (Å²) in [7, 11) is 0. The van der Waals surface area contributed by atoms with Crippen LogP contribution in [0.2, 0.25) is 0 Å². The summed E-state index contributed by atoms with van der Waals surface area (Å²) in [5.41, 5.74) is 3.20. The molecule has 1 aromatic rings. The zero-order valence-corrected chi connectivity index (χ0v) is 17.7. The van der Waals surface area contributed by atoms with Gasteiger partial charge in [-0.25, -0.2) is 0 Å². The lowest BCUT2D eigenvalue weighted by Gasteiger charge is -2.35. The molecule has 7 heteroatoms. The highest BCUT2D eigenvalue weighted by Gasteiger charge is 2.40. The molecule has 2 aliphatic heterocycles. The summed E-state index contributed by atoms with van der Waals surface area (Å²) in [6, 6.07) is 5.99. The van der Waals surface area contributed by atoms with Gasteiger partial charge in [0.15, 0.2) is 0 Å². The number of nitrogens with one attached hydrogen (secondary N) is 1. The Morgan fingerprint density at radius 3 is 2.45 bits per heavy atom. The molecule has 2 saturated heterocycles. The number of carbonyl (C=O) groups excluding carboxylic acids is 3. The molecule has 3 amide bonds. The molecule has 0 bridgehead atoms. The first-order valence-corrected chi connectivity index (χ1v) is 10.6. The predicted octanol–water partition coefficient (Wildman–Crippen LogP) is 1.33. The van der Waals surface area contributed by atoms with E-state index in [1.165, 1.54) is 5.56 Å². The molecule has 2 heterocycles. The number of nitrogens with zero attached hydrogens (tertiary/aromatic N) is 3. The molecular weight excluding hydrogens is 368 g/mol. The summed E-state index contributed by atoms with van der Waals surface area (Å²) >= 11 is 0. The molecule has 0 radical (unpaired) electrons. The predicted molar refractivity (Wildman–Crippen MR) is 113 cm³/mol. The van der Waals surface area contributed by atoms with E-state index in [0.29, 0.717) is 52.2 Å². The third-order valence-corrected chi connectivity index (χ3v) is 5.93. The normalized spacial score (nSPS) is 20.2. The van der Waals surface area contributed by atoms with Gasteiger partial charge in [0.2, 0.25) is 17.7 Å². The van der Waals surface area contributed by atoms with Gasteiger partial charge in [0.25, 0.3) is 0 Å². The minimum absolute atomic E-state index is 0.0293. The van der Waals surface area contributed by atoms with Crippen molar-refractivity contribution in [3.63, 3.8) is 0 Å². The van der Waals surface area contributed by atoms with Gasteiger partial charge in [-0.1, -0.05) is 13.0 Å². The van der Waals surface area contributed by atoms with Crippen LogP contribution in [0.25, 0.3) is 0 Å². The average Bonchev–Trinajstić information content (AvgIpc) is 3.10. The maximum Gasteiger partial charge on any atom is 0.239 e. The zero-order chi connectivity index (χ0) is 21.0. The van der Waals surface area contributed by atoms with Crippen molar-refractivity contribution in [2.45, 2.75) is 33.6 Å². The van der Waals surface area contributed by atoms with Crippen LogP contribution in [0.3, 0.4) is 0 Å². The van der Waals surface area contributed by atoms with E-state index in [-0.39, 0.29) is 17.7 Å². The maximum atomic E-state index is 13.0. The van der Waals surface area contributed by atoms with E-state index < -0.39 is 5.92 Å². The molecule has 1 atom stereocenters. The number of carbonyl (C=O) groups is 3. The highest BCUT2D eigenvalue weighted by Crippen LogP contribution is 2.28. The van der Waals surface area contributed by atoms with Gasteiger partial charge in [0, 0.05) is 45.0 Å². The van der Waals surface area contributed by atoms with E-state index in [2.05, 4.69) is 10.2 Å². The molecule has 7 nitrogen and oxygen atoms in total. The Balaban J connectivity index is 1.53. The number of hydrogen-bond acceptors (Lipinski definition) is 4. The molecule has 0 aromatic heterocycles. The maximum absolute atomic E-state index is 13.0. The lowest BCUT2D eigenvalue weighted by Crippen LogP contribution is -2.53. The molecule has 3 rings (SSSR count). The van der Waals surface area contributed by atoms with Crippen LogP contribution in [0.1, 0.15) is 30.9 Å². The first-order chi connectivity index (χ1) is 13.9. The molecule has 2 fully saturated rings. The third kappa shape index (κ3) is 4.96. The lowest BCUT2D eigenvalue weighted by molar-refractivity contribution is -0.141. The number of hydrogen-bond donors (Lipinski definition) is 1. The Morgan fingerprint density at radius 2 is 1.79 bits per heavy atom. The van der Waals surface area contributed by atoms with E-state index in [9.17, 15) is 14.4 Å². The first kappa shape index (κ1) is 21.3. The second kappa shape index (κ2) is 9.39. The van der Waals surface area contributed by atoms with Gasteiger partial charge in [-0.05, 0) is 49.9 Å². The van der Waals surface area contributed by atoms with E-state index in [1.807, 2.05) is 39.0 Å². The highest BCUT2D eigenvalue weighted by molar-refractivity contribution is 6.09. The molecule has 2 aliphatic rings. The summed E-state index contributed by atoms with van der Waals surface area (Å²) in [6.45, 7) is 10.2. The molecule has 0 spiro atoms. The van der Waals surface area contributed by atoms with E-state index in [4.69, 9.17) is 0 Å². The van der Waals surface area contributed by atoms with E-state index in [0.717, 1.165) is 17.7 Å². The lowest BCUT2D eigenvalue weighted by atomic mass is 10.1. The molecule has 1 N–H and O–H groups in total. The molecule has 1 unspecified atom stereocenters. The third-order valence-electron chi connectivity index (χ3n) is 5.93. The molecule has 0 aliphatic carbocycles. The Bertz CT molecular complexity index is 771. The second-order valence-corrected chi connectivity index (χ2v) is 8.05. The van der Waals surface area contributed by atoms with Crippen LogP contribution in [-0.2, 0) is 14.4 Å². The van der Waals surface area contributed by atoms with Crippen molar-refractivity contribution in [3.05, 3.63) is 29.3 Å². The molecular formula is C22H32N4O3. The Kier molecular flexibility index (Phi) is 6.90. The minimum atomic E-state index is -0.587. The van der Waals surface area contributed by atoms with Crippen molar-refractivity contribution < 1.29 is 14.4 Å². The SMILES string of the molecule is CCCNC(=O)CN1CCN(C(=O)C2CCN(c3ccc(C)c(C)c3)C2=O)CC1. The number of piperazine rings is 1. The molecule has 1 aromatic carbocycles. The fraction of sp³-hybridized carbons (Fsp3) is 0.591. The van der Waals surface area contributed by atoms with E-state index in [1.54, 1.807) is 9.80 Å². The zero-order valence-electron chi connectivity index (χ0n) is 17.7. The fourth-order valence-electron chi connectivity index (χ4n) is 3.93. The summed E-state index contributed by atoms with van der Waals surface area (Å²) in [5.74, 6) is -0.728. The van der Waals surface area contributed by atoms with Gasteiger partial charge in [0.05, 0.1) is 6.54 Å². The second-order valence-electron chi connectivity index (χ2n) is 8.05. The van der Waals surface area contributed by atoms with E-state index >= 15 is 0 Å². The summed E-state index contributed by atoms with van der Waals surface area (Å²) in [5, 5.41) is 2.88. The summed E-state index contributed by atoms with van der Waals surface area (Å²) in [4.78, 5) is 43.3. The van der Waals surface area contributed by atoms with Crippen LogP contribution >= 0.6 is 0 Å². The van der Waals surface area contributed by atoms with Crippen molar-refractivity contribution in [3.8, 4) is 0 Å². The molecule has 158 valence electrons. The number of benzene rings is 1. The van der Waals surface area contributed by atoms with Gasteiger partial charge in [-0.3, -0.25) is 19.3 Å². The van der Waals surface area contributed by atoms with Crippen molar-refractivity contribution in [1.29, 1.82) is 0 Å². The first-order valence-electron chi connectivity index (χ1n) is 10.6. The number of anilines is 1. The quantitative estimate of drug-likeness (QED) is 0.731. The van der Waals surface area contributed by atoms with Crippen molar-refractivity contribution in [1.82, 2.24) is 15.1 Å². The Labute approximate surface area is 173 Å². The largest absolute Gasteiger partial charge is 0.355 e. The fourth-order valence-corrected chi connectivity index (χ4v) is 3.93. The number of aryl methyl sites for hydroxylation is 2. The monoisotopic (exact) mass is 400 g/mol. The minimum Gasteiger partial charge on any atom is -0.355 e. The summed E-state index contributed by atoms with van der Waals surface area (Å²) < 4.78 is 0. The van der Waals surface area contributed by atoms with Gasteiger partial charge in [-0.15, -0.1) is 0 Å². The van der Waals surface area contributed by atoms with Gasteiger partial charge in [0.1, 0.15) is 5.92 Å². The number of amides is 3. The van der Waals surface area contributed by atoms with Crippen LogP contribution in [0.15, 0.2) is 18.2 Å². The topological polar surface area (TPSA) is 73.0 Å². The average molecular weight is 401 g/mol. The van der Waals surface area contributed by atoms with Crippen molar-refractivity contribution in [2.24, 2.45) is 5.92 Å². The Morgan fingerprint density at radius 1 is 1.07 bits per heavy atom. The van der Waals surface area contributed by atoms with Crippen LogP contribution in [-0.4, -0.2) is 73.3 Å². The van der Waals surface area contributed by atoms with Gasteiger partial charge < -0.3 is 15.1 Å². The van der Waals surface area contributed by atoms with Crippen LogP contribution in [0.5, 0.6) is 0 Å². The van der Waals surface area contributed by atoms with Crippen molar-refractivity contribution in [2.75, 3.05) is 50.7 Å². The molecule has 29 heavy (non-hydrogen) atoms. The van der Waals surface area contributed by atoms with Crippen molar-refractivity contribution >= 4 is 23.4 Å². The Hall–Kier alpha value is -2.41. The van der Waals surface area contributed by atoms with Crippen LogP contribution < -0.4 is 10.2 Å². The standard InChI is InChI=1S/C22H32N4O3/c1-4-8-23-20(27)15-24-10-12-25(13-11-24)21(28)19-7-9-26(22(19)29)18-6-5-16(2)17(3)14-18/h5-6,14,19H,4,7-13,15H2,1-3H3,(H,23,27). The van der Waals surface area contributed by atoms with Crippen LogP contribution in [0.4, 0.5) is 5.69 Å².